The normalized spacial score (nSPS) is 37.3. The molecule has 3 saturated heterocycles. The third-order valence-electron chi connectivity index (χ3n) is 16.9. The van der Waals surface area contributed by atoms with Crippen LogP contribution in [0.2, 0.25) is 0 Å². The summed E-state index contributed by atoms with van der Waals surface area (Å²) < 4.78 is 52.9. The first-order valence-electron chi connectivity index (χ1n) is 27.9. The van der Waals surface area contributed by atoms with E-state index in [-0.39, 0.29) is 55.5 Å². The zero-order chi connectivity index (χ0) is 57.2. The van der Waals surface area contributed by atoms with Gasteiger partial charge in [-0.3, -0.25) is 14.5 Å². The van der Waals surface area contributed by atoms with Crippen molar-refractivity contribution in [2.24, 2.45) is 17.8 Å². The lowest BCUT2D eigenvalue weighted by Crippen LogP contribution is -2.60. The Balaban J connectivity index is 1.12. The standard InChI is InChI=1S/C59H88FN3O13S2/c1-14-46-59(10,70)52(66)36(6)63(25-17-24-61-47(64)23-21-39-28-41-40-18-15-16-19-44(40)78-45-22-20-38(60)27-42(45)51(41)77-39)31-32(2)29-57(8,69)54(76-56-49(65)43(62(11)12)26-33(3)72-56)34(4)50(35(5)55(68)74-46)75-48-30-58(9,71-13)53(67)37(7)73-48/h15-16,18-20,22,27-28,32-37,43,46,48-50,52-54,56,65-67,69-70H,14,17,21,23-26,29-31H2,1-13H3,(H,61,64)/t32-,33-,34+,35-,36-,37-,43+,46-,48-,49-,50+,52-,53+,54-,56+,57-,58-,59-/m1/s1. The molecular formula is C59H88FN3O13S2. The molecule has 4 aliphatic heterocycles. The number of benzene rings is 2. The molecule has 0 aliphatic carbocycles. The van der Waals surface area contributed by atoms with Gasteiger partial charge in [-0.1, -0.05) is 50.7 Å². The molecule has 0 spiro atoms. The molecule has 436 valence electrons. The van der Waals surface area contributed by atoms with Crippen LogP contribution in [-0.4, -0.2) is 178 Å². The number of likely N-dealkylation sites (N-methyl/N-ethyl adjacent to an activating group) is 1. The number of carbonyl (C=O) groups is 2. The van der Waals surface area contributed by atoms with E-state index < -0.39 is 96.0 Å². The number of cyclic esters (lactones) is 1. The van der Waals surface area contributed by atoms with Gasteiger partial charge >= 0.3 is 5.97 Å². The van der Waals surface area contributed by atoms with Gasteiger partial charge in [-0.05, 0) is 136 Å². The molecule has 0 bridgehead atoms. The highest BCUT2D eigenvalue weighted by molar-refractivity contribution is 7.99. The first-order valence-corrected chi connectivity index (χ1v) is 29.6. The van der Waals surface area contributed by atoms with Crippen LogP contribution in [0.5, 0.6) is 0 Å². The second-order valence-corrected chi connectivity index (χ2v) is 25.8. The fourth-order valence-corrected chi connectivity index (χ4v) is 14.7. The fourth-order valence-electron chi connectivity index (χ4n) is 12.4. The minimum absolute atomic E-state index is 0.0904. The van der Waals surface area contributed by atoms with Gasteiger partial charge in [-0.15, -0.1) is 11.3 Å². The Morgan fingerprint density at radius 2 is 1.63 bits per heavy atom. The van der Waals surface area contributed by atoms with Crippen molar-refractivity contribution in [2.45, 2.75) is 214 Å². The summed E-state index contributed by atoms with van der Waals surface area (Å²) >= 11 is 3.20. The van der Waals surface area contributed by atoms with Crippen LogP contribution in [0.25, 0.3) is 21.6 Å². The van der Waals surface area contributed by atoms with Crippen molar-refractivity contribution in [2.75, 3.05) is 40.8 Å². The fraction of sp³-hybridized carbons (Fsp3) is 0.695. The van der Waals surface area contributed by atoms with Crippen LogP contribution in [-0.2, 0) is 44.4 Å². The topological polar surface area (TPSA) is 209 Å². The van der Waals surface area contributed by atoms with Crippen LogP contribution in [0.15, 0.2) is 58.3 Å². The predicted molar refractivity (Wildman–Crippen MR) is 298 cm³/mol. The number of thiophene rings is 1. The minimum atomic E-state index is -1.94. The van der Waals surface area contributed by atoms with Crippen molar-refractivity contribution in [3.63, 3.8) is 0 Å². The number of nitrogens with one attached hydrogen (secondary N) is 1. The van der Waals surface area contributed by atoms with Crippen LogP contribution in [0.3, 0.4) is 0 Å². The number of carbonyl (C=O) groups excluding carboxylic acids is 2. The van der Waals surface area contributed by atoms with Crippen molar-refractivity contribution in [3.8, 4) is 21.6 Å². The van der Waals surface area contributed by atoms with E-state index in [0.717, 1.165) is 36.2 Å². The zero-order valence-corrected chi connectivity index (χ0v) is 49.6. The number of halogens is 1. The van der Waals surface area contributed by atoms with Crippen LogP contribution in [0, 0.1) is 23.6 Å². The average Bonchev–Trinajstić information content (AvgIpc) is 3.79. The SMILES string of the molecule is CC[C@H]1OC(=O)[C@H](C)[C@@H](O[C@@H]2C[C@@](C)(OC)[C@@H](O)[C@@H](C)O2)[C@H](C)[C@@H](O[C@@H]2O[C@H](C)C[C@H](N(C)C)[C@H]2O)[C@](C)(O)C[C@@H](C)CN(CCCNC(=O)CCc2cc3c(s2)-c2cc(F)ccc2Sc2ccccc2-3)[C@H](C)[C@@H](O)[C@]1(C)O. The summed E-state index contributed by atoms with van der Waals surface area (Å²) in [5.41, 5.74) is -1.75. The van der Waals surface area contributed by atoms with E-state index in [2.05, 4.69) is 23.5 Å². The Hall–Kier alpha value is -3.12. The third kappa shape index (κ3) is 14.0. The van der Waals surface area contributed by atoms with E-state index in [1.807, 2.05) is 69.8 Å². The number of hydrogen-bond acceptors (Lipinski definition) is 17. The number of aryl methyl sites for hydroxylation is 1. The number of hydrogen-bond donors (Lipinski definition) is 6. The maximum atomic E-state index is 14.7. The van der Waals surface area contributed by atoms with Crippen LogP contribution < -0.4 is 5.32 Å². The second kappa shape index (κ2) is 26.0. The van der Waals surface area contributed by atoms with E-state index in [0.29, 0.717) is 38.9 Å². The van der Waals surface area contributed by atoms with E-state index in [4.69, 9.17) is 28.4 Å². The van der Waals surface area contributed by atoms with E-state index in [1.165, 1.54) is 20.1 Å². The molecule has 4 aliphatic rings. The molecule has 1 aromatic heterocycles. The molecule has 0 saturated carbocycles. The molecule has 6 N–H and O–H groups in total. The Kier molecular flexibility index (Phi) is 20.8. The van der Waals surface area contributed by atoms with Crippen molar-refractivity contribution in [1.82, 2.24) is 15.1 Å². The largest absolute Gasteiger partial charge is 0.459 e. The summed E-state index contributed by atoms with van der Waals surface area (Å²) in [7, 11) is 5.25. The van der Waals surface area contributed by atoms with Crippen molar-refractivity contribution < 1.29 is 67.9 Å². The molecule has 0 radical (unpaired) electrons. The molecule has 5 heterocycles. The highest BCUT2D eigenvalue weighted by Crippen LogP contribution is 2.51. The first kappa shape index (κ1) is 62.5. The summed E-state index contributed by atoms with van der Waals surface area (Å²) in [5, 5.41) is 63.5. The van der Waals surface area contributed by atoms with Crippen LogP contribution in [0.4, 0.5) is 4.39 Å². The molecule has 0 unspecified atom stereocenters. The number of methoxy groups -OCH3 is 1. The Morgan fingerprint density at radius 1 is 0.923 bits per heavy atom. The third-order valence-corrected chi connectivity index (χ3v) is 19.3. The average molecular weight is 1130 g/mol. The van der Waals surface area contributed by atoms with Gasteiger partial charge in [0.05, 0.1) is 41.5 Å². The number of aliphatic hydroxyl groups is 5. The van der Waals surface area contributed by atoms with Crippen molar-refractivity contribution in [1.29, 1.82) is 0 Å². The van der Waals surface area contributed by atoms with Gasteiger partial charge in [0.15, 0.2) is 12.6 Å². The Bertz CT molecular complexity index is 2500. The molecule has 16 nitrogen and oxygen atoms in total. The van der Waals surface area contributed by atoms with E-state index in [1.54, 1.807) is 63.8 Å². The zero-order valence-electron chi connectivity index (χ0n) is 47.9. The summed E-state index contributed by atoms with van der Waals surface area (Å²) in [4.78, 5) is 36.2. The second-order valence-electron chi connectivity index (χ2n) is 23.6. The quantitative estimate of drug-likeness (QED) is 0.0537. The maximum absolute atomic E-state index is 14.7. The molecule has 7 rings (SSSR count). The van der Waals surface area contributed by atoms with Gasteiger partial charge in [0, 0.05) is 88.3 Å². The summed E-state index contributed by atoms with van der Waals surface area (Å²) in [5.74, 6) is -3.37. The molecule has 1 amide bonds. The van der Waals surface area contributed by atoms with Gasteiger partial charge in [0.1, 0.15) is 35.8 Å². The lowest BCUT2D eigenvalue weighted by Gasteiger charge is -2.48. The molecule has 3 aromatic rings. The van der Waals surface area contributed by atoms with E-state index >= 15 is 0 Å². The summed E-state index contributed by atoms with van der Waals surface area (Å²) in [6.45, 7) is 18.6. The molecule has 18 atom stereocenters. The summed E-state index contributed by atoms with van der Waals surface area (Å²) in [6, 6.07) is 14.1. The van der Waals surface area contributed by atoms with Crippen LogP contribution in [0.1, 0.15) is 113 Å². The number of esters is 1. The highest BCUT2D eigenvalue weighted by atomic mass is 32.2. The molecule has 3 fully saturated rings. The highest BCUT2D eigenvalue weighted by Gasteiger charge is 2.53. The minimum Gasteiger partial charge on any atom is -0.459 e. The van der Waals surface area contributed by atoms with E-state index in [9.17, 15) is 39.5 Å². The Labute approximate surface area is 469 Å². The van der Waals surface area contributed by atoms with Gasteiger partial charge in [-0.2, -0.15) is 0 Å². The number of ether oxygens (including phenoxy) is 6. The molecular weight excluding hydrogens is 1040 g/mol. The number of amides is 1. The molecule has 19 heteroatoms. The number of rotatable bonds is 14. The van der Waals surface area contributed by atoms with Crippen molar-refractivity contribution in [3.05, 3.63) is 59.2 Å². The number of nitrogens with zero attached hydrogens (tertiary/aromatic N) is 2. The summed E-state index contributed by atoms with van der Waals surface area (Å²) in [6.07, 6.45) is -8.02. The monoisotopic (exact) mass is 1130 g/mol. The lowest BCUT2D eigenvalue weighted by molar-refractivity contribution is -0.318. The van der Waals surface area contributed by atoms with Crippen LogP contribution >= 0.6 is 23.1 Å². The van der Waals surface area contributed by atoms with Gasteiger partial charge in [-0.25, -0.2) is 4.39 Å². The predicted octanol–water partition coefficient (Wildman–Crippen LogP) is 7.41. The lowest BCUT2D eigenvalue weighted by atomic mass is 9.77. The maximum Gasteiger partial charge on any atom is 0.311 e. The van der Waals surface area contributed by atoms with Gasteiger partial charge in [0.2, 0.25) is 5.91 Å². The molecule has 2 aromatic carbocycles. The first-order chi connectivity index (χ1) is 36.7. The number of fused-ring (bicyclic) bond motifs is 5. The van der Waals surface area contributed by atoms with Crippen molar-refractivity contribution >= 4 is 35.0 Å². The van der Waals surface area contributed by atoms with Gasteiger partial charge in [0.25, 0.3) is 0 Å². The Morgan fingerprint density at radius 3 is 2.32 bits per heavy atom. The smallest absolute Gasteiger partial charge is 0.311 e. The van der Waals surface area contributed by atoms with Gasteiger partial charge < -0.3 is 64.2 Å². The molecule has 78 heavy (non-hydrogen) atoms. The number of aliphatic hydroxyl groups excluding tert-OH is 3.